The zero-order valence-corrected chi connectivity index (χ0v) is 19.3. The maximum atomic E-state index is 13.4. The number of benzene rings is 3. The largest absolute Gasteiger partial charge is 0.497 e. The van der Waals surface area contributed by atoms with Gasteiger partial charge in [0, 0.05) is 11.1 Å². The first-order valence-electron chi connectivity index (χ1n) is 10.4. The van der Waals surface area contributed by atoms with Crippen molar-refractivity contribution in [2.24, 2.45) is 0 Å². The molecular formula is C25H22ClN3O5. The summed E-state index contributed by atoms with van der Waals surface area (Å²) in [6.45, 7) is -0.276. The molecule has 0 spiro atoms. The fraction of sp³-hybridized carbons (Fsp3) is 0.160. The van der Waals surface area contributed by atoms with Crippen LogP contribution >= 0.6 is 11.6 Å². The van der Waals surface area contributed by atoms with E-state index in [9.17, 15) is 14.4 Å². The van der Waals surface area contributed by atoms with Crippen molar-refractivity contribution in [2.75, 3.05) is 19.5 Å². The summed E-state index contributed by atoms with van der Waals surface area (Å²) in [5.74, 6) is 0.532. The molecule has 1 heterocycles. The maximum Gasteiger partial charge on any atom is 0.332 e. The third-order valence-electron chi connectivity index (χ3n) is 5.35. The number of methoxy groups -OCH3 is 2. The lowest BCUT2D eigenvalue weighted by atomic mass is 10.2. The summed E-state index contributed by atoms with van der Waals surface area (Å²) >= 11 is 6.06. The number of nitrogens with zero attached hydrogens (tertiary/aromatic N) is 2. The third kappa shape index (κ3) is 4.67. The summed E-state index contributed by atoms with van der Waals surface area (Å²) in [4.78, 5) is 39.4. The molecule has 3 aromatic carbocycles. The van der Waals surface area contributed by atoms with E-state index in [0.29, 0.717) is 38.7 Å². The Bertz CT molecular complexity index is 1490. The second kappa shape index (κ2) is 9.84. The molecule has 4 rings (SSSR count). The second-order valence-electron chi connectivity index (χ2n) is 7.52. The molecule has 1 aromatic heterocycles. The quantitative estimate of drug-likeness (QED) is 0.438. The molecule has 34 heavy (non-hydrogen) atoms. The van der Waals surface area contributed by atoms with Crippen molar-refractivity contribution in [1.29, 1.82) is 0 Å². The van der Waals surface area contributed by atoms with Gasteiger partial charge in [0.2, 0.25) is 5.91 Å². The lowest BCUT2D eigenvalue weighted by molar-refractivity contribution is -0.116. The maximum absolute atomic E-state index is 13.4. The van der Waals surface area contributed by atoms with E-state index < -0.39 is 17.2 Å². The predicted octanol–water partition coefficient (Wildman–Crippen LogP) is 3.52. The highest BCUT2D eigenvalue weighted by Gasteiger charge is 2.17. The second-order valence-corrected chi connectivity index (χ2v) is 7.96. The van der Waals surface area contributed by atoms with Gasteiger partial charge in [0.1, 0.15) is 18.0 Å². The molecule has 0 unspecified atom stereocenters. The first kappa shape index (κ1) is 23.1. The van der Waals surface area contributed by atoms with E-state index in [4.69, 9.17) is 21.1 Å². The van der Waals surface area contributed by atoms with E-state index in [1.165, 1.54) is 18.8 Å². The molecule has 1 N–H and O–H groups in total. The van der Waals surface area contributed by atoms with E-state index in [0.717, 1.165) is 4.57 Å². The smallest absolute Gasteiger partial charge is 0.332 e. The Morgan fingerprint density at radius 3 is 2.47 bits per heavy atom. The van der Waals surface area contributed by atoms with E-state index in [-0.39, 0.29) is 13.1 Å². The summed E-state index contributed by atoms with van der Waals surface area (Å²) in [6, 6.07) is 18.6. The number of carbonyl (C=O) groups excluding carboxylic acids is 1. The van der Waals surface area contributed by atoms with Crippen LogP contribution in [0.2, 0.25) is 5.02 Å². The van der Waals surface area contributed by atoms with Gasteiger partial charge >= 0.3 is 5.69 Å². The number of rotatable bonds is 7. The molecule has 8 nitrogen and oxygen atoms in total. The van der Waals surface area contributed by atoms with Gasteiger partial charge in [-0.25, -0.2) is 4.79 Å². The van der Waals surface area contributed by atoms with Crippen LogP contribution in [0.4, 0.5) is 5.69 Å². The van der Waals surface area contributed by atoms with Gasteiger partial charge in [0.15, 0.2) is 0 Å². The zero-order valence-electron chi connectivity index (χ0n) is 18.6. The van der Waals surface area contributed by atoms with Crippen molar-refractivity contribution in [3.8, 4) is 11.5 Å². The van der Waals surface area contributed by atoms with E-state index >= 15 is 0 Å². The molecule has 0 fully saturated rings. The molecular weight excluding hydrogens is 458 g/mol. The van der Waals surface area contributed by atoms with Crippen molar-refractivity contribution < 1.29 is 14.3 Å². The molecule has 0 saturated heterocycles. The monoisotopic (exact) mass is 479 g/mol. The van der Waals surface area contributed by atoms with Crippen LogP contribution in [0.25, 0.3) is 10.9 Å². The highest BCUT2D eigenvalue weighted by molar-refractivity contribution is 6.30. The molecule has 0 atom stereocenters. The highest BCUT2D eigenvalue weighted by Crippen LogP contribution is 2.29. The van der Waals surface area contributed by atoms with Gasteiger partial charge in [0.25, 0.3) is 5.56 Å². The number of hydrogen-bond acceptors (Lipinski definition) is 5. The van der Waals surface area contributed by atoms with Gasteiger partial charge in [-0.1, -0.05) is 35.9 Å². The Balaban J connectivity index is 1.73. The molecule has 0 aliphatic carbocycles. The van der Waals surface area contributed by atoms with Gasteiger partial charge in [-0.05, 0) is 42.0 Å². The van der Waals surface area contributed by atoms with E-state index in [2.05, 4.69) is 5.32 Å². The van der Waals surface area contributed by atoms with Gasteiger partial charge < -0.3 is 14.8 Å². The van der Waals surface area contributed by atoms with Crippen molar-refractivity contribution >= 4 is 34.1 Å². The molecule has 0 aliphatic heterocycles. The van der Waals surface area contributed by atoms with Crippen LogP contribution in [-0.4, -0.2) is 29.3 Å². The number of para-hydroxylation sites is 1. The Morgan fingerprint density at radius 1 is 0.941 bits per heavy atom. The highest BCUT2D eigenvalue weighted by atomic mass is 35.5. The zero-order chi connectivity index (χ0) is 24.2. The number of amides is 1. The van der Waals surface area contributed by atoms with Gasteiger partial charge in [-0.3, -0.25) is 18.7 Å². The number of hydrogen-bond donors (Lipinski definition) is 1. The molecule has 0 bridgehead atoms. The van der Waals surface area contributed by atoms with Crippen LogP contribution in [0.5, 0.6) is 11.5 Å². The van der Waals surface area contributed by atoms with Gasteiger partial charge in [-0.2, -0.15) is 0 Å². The van der Waals surface area contributed by atoms with Crippen LogP contribution in [-0.2, 0) is 17.9 Å². The first-order chi connectivity index (χ1) is 16.4. The summed E-state index contributed by atoms with van der Waals surface area (Å²) in [5.41, 5.74) is 0.463. The summed E-state index contributed by atoms with van der Waals surface area (Å²) in [6.07, 6.45) is 0. The Morgan fingerprint density at radius 2 is 1.74 bits per heavy atom. The lowest BCUT2D eigenvalue weighted by Crippen LogP contribution is -2.42. The number of aromatic nitrogens is 2. The standard InChI is InChI=1S/C25H22ClN3O5/c1-33-18-10-11-20(22(13-18)34-2)27-23(30)15-28-21-9-4-3-8-19(21)24(31)29(25(28)32)14-16-6-5-7-17(26)12-16/h3-13H,14-15H2,1-2H3,(H,27,30). The SMILES string of the molecule is COc1ccc(NC(=O)Cn2c(=O)n(Cc3cccc(Cl)c3)c(=O)c3ccccc32)c(OC)c1. The average Bonchev–Trinajstić information content (AvgIpc) is 2.84. The molecule has 9 heteroatoms. The number of ether oxygens (including phenoxy) is 2. The van der Waals surface area contributed by atoms with Crippen LogP contribution in [0.3, 0.4) is 0 Å². The number of nitrogens with one attached hydrogen (secondary N) is 1. The Kier molecular flexibility index (Phi) is 6.70. The van der Waals surface area contributed by atoms with Crippen LogP contribution in [0.15, 0.2) is 76.3 Å². The van der Waals surface area contributed by atoms with Crippen LogP contribution in [0, 0.1) is 0 Å². The molecule has 0 radical (unpaired) electrons. The molecule has 0 aliphatic rings. The van der Waals surface area contributed by atoms with Crippen molar-refractivity contribution in [1.82, 2.24) is 9.13 Å². The number of anilines is 1. The number of fused-ring (bicyclic) bond motifs is 1. The van der Waals surface area contributed by atoms with Crippen LogP contribution < -0.4 is 26.0 Å². The third-order valence-corrected chi connectivity index (χ3v) is 5.58. The summed E-state index contributed by atoms with van der Waals surface area (Å²) < 4.78 is 12.9. The minimum absolute atomic E-state index is 0.0248. The average molecular weight is 480 g/mol. The normalized spacial score (nSPS) is 10.8. The minimum Gasteiger partial charge on any atom is -0.497 e. The molecule has 1 amide bonds. The summed E-state index contributed by atoms with van der Waals surface area (Å²) in [7, 11) is 3.01. The van der Waals surface area contributed by atoms with Crippen LogP contribution in [0.1, 0.15) is 5.56 Å². The van der Waals surface area contributed by atoms with Crippen molar-refractivity contribution in [2.45, 2.75) is 13.1 Å². The topological polar surface area (TPSA) is 91.6 Å². The lowest BCUT2D eigenvalue weighted by Gasteiger charge is -2.15. The Labute approximate surface area is 199 Å². The van der Waals surface area contributed by atoms with Gasteiger partial charge in [0.05, 0.1) is 37.4 Å². The molecule has 0 saturated carbocycles. The van der Waals surface area contributed by atoms with Crippen molar-refractivity contribution in [3.63, 3.8) is 0 Å². The minimum atomic E-state index is -0.597. The van der Waals surface area contributed by atoms with E-state index in [1.54, 1.807) is 66.7 Å². The number of carbonyl (C=O) groups is 1. The predicted molar refractivity (Wildman–Crippen MR) is 131 cm³/mol. The van der Waals surface area contributed by atoms with E-state index in [1.807, 2.05) is 0 Å². The fourth-order valence-electron chi connectivity index (χ4n) is 3.72. The molecule has 4 aromatic rings. The Hall–Kier alpha value is -4.04. The summed E-state index contributed by atoms with van der Waals surface area (Å²) in [5, 5.41) is 3.59. The first-order valence-corrected chi connectivity index (χ1v) is 10.8. The van der Waals surface area contributed by atoms with Gasteiger partial charge in [-0.15, -0.1) is 0 Å². The number of halogens is 1. The molecule has 174 valence electrons. The van der Waals surface area contributed by atoms with Crippen molar-refractivity contribution in [3.05, 3.63) is 98.2 Å². The fourth-order valence-corrected chi connectivity index (χ4v) is 3.93.